The summed E-state index contributed by atoms with van der Waals surface area (Å²) in [6.45, 7) is 4.31. The number of aliphatic hydroxyl groups is 1. The minimum absolute atomic E-state index is 0.236. The largest absolute Gasteiger partial charge is 0.389 e. The summed E-state index contributed by atoms with van der Waals surface area (Å²) < 4.78 is 19.4. The maximum Gasteiger partial charge on any atom is 0.354 e. The zero-order valence-corrected chi connectivity index (χ0v) is 22.8. The van der Waals surface area contributed by atoms with E-state index >= 15 is 0 Å². The van der Waals surface area contributed by atoms with Crippen molar-refractivity contribution in [3.8, 4) is 0 Å². The lowest BCUT2D eigenvalue weighted by Gasteiger charge is -2.37. The highest BCUT2D eigenvalue weighted by molar-refractivity contribution is 7.58. The number of amides is 1. The highest BCUT2D eigenvalue weighted by atomic mass is 31.2. The molecule has 1 amide bonds. The fraction of sp³-hybridized carbons (Fsp3) is 0.960. The van der Waals surface area contributed by atoms with Crippen molar-refractivity contribution >= 4 is 13.4 Å². The Labute approximate surface area is 199 Å². The van der Waals surface area contributed by atoms with Gasteiger partial charge in [-0.15, -0.1) is 0 Å². The number of hydrogen-bond donors (Lipinski definition) is 2. The van der Waals surface area contributed by atoms with Crippen LogP contribution in [-0.4, -0.2) is 55.6 Å². The molecule has 2 unspecified atom stereocenters. The fourth-order valence-electron chi connectivity index (χ4n) is 3.88. The molecule has 2 N–H and O–H groups in total. The van der Waals surface area contributed by atoms with E-state index in [0.717, 1.165) is 32.1 Å². The smallest absolute Gasteiger partial charge is 0.354 e. The molecule has 0 saturated carbocycles. The van der Waals surface area contributed by atoms with Crippen LogP contribution in [0.15, 0.2) is 0 Å². The van der Waals surface area contributed by atoms with Crippen LogP contribution in [0.4, 0.5) is 0 Å². The van der Waals surface area contributed by atoms with Crippen molar-refractivity contribution in [2.24, 2.45) is 0 Å². The van der Waals surface area contributed by atoms with Gasteiger partial charge in [0.05, 0.1) is 27.7 Å². The Bertz CT molecular complexity index is 509. The first-order valence-corrected chi connectivity index (χ1v) is 14.9. The van der Waals surface area contributed by atoms with E-state index in [1.807, 2.05) is 28.1 Å². The third-order valence-corrected chi connectivity index (χ3v) is 8.79. The van der Waals surface area contributed by atoms with Gasteiger partial charge in [-0.25, -0.2) is 0 Å². The zero-order valence-electron chi connectivity index (χ0n) is 21.9. The minimum atomic E-state index is -3.50. The van der Waals surface area contributed by atoms with Crippen molar-refractivity contribution in [3.05, 3.63) is 0 Å². The van der Waals surface area contributed by atoms with Crippen LogP contribution in [0.3, 0.4) is 0 Å². The second-order valence-corrected chi connectivity index (χ2v) is 12.4. The Morgan fingerprint density at radius 2 is 1.25 bits per heavy atom. The fourth-order valence-corrected chi connectivity index (χ4v) is 6.25. The number of nitrogens with one attached hydrogen (secondary N) is 1. The molecule has 0 aromatic rings. The van der Waals surface area contributed by atoms with Gasteiger partial charge in [-0.1, -0.05) is 97.3 Å². The molecule has 32 heavy (non-hydrogen) atoms. The first-order valence-electron chi connectivity index (χ1n) is 13.2. The molecule has 6 nitrogen and oxygen atoms in total. The van der Waals surface area contributed by atoms with Crippen molar-refractivity contribution in [3.63, 3.8) is 0 Å². The summed E-state index contributed by atoms with van der Waals surface area (Å²) >= 11 is 0. The summed E-state index contributed by atoms with van der Waals surface area (Å²) in [7, 11) is 2.07. The number of carbonyl (C=O) groups is 1. The van der Waals surface area contributed by atoms with Crippen LogP contribution in [0, 0.1) is 0 Å². The van der Waals surface area contributed by atoms with Crippen LogP contribution in [-0.2, 0) is 13.9 Å². The van der Waals surface area contributed by atoms with E-state index < -0.39 is 13.3 Å². The number of quaternary nitrogens is 1. The summed E-state index contributed by atoms with van der Waals surface area (Å²) in [4.78, 5) is 12.5. The molecule has 0 aromatic heterocycles. The van der Waals surface area contributed by atoms with Gasteiger partial charge in [-0.3, -0.25) is 14.4 Å². The Hall–Kier alpha value is -0.420. The van der Waals surface area contributed by atoms with Gasteiger partial charge in [0.1, 0.15) is 6.61 Å². The third kappa shape index (κ3) is 15.4. The lowest BCUT2D eigenvalue weighted by molar-refractivity contribution is -0.883. The Balaban J connectivity index is 4.12. The van der Waals surface area contributed by atoms with Crippen molar-refractivity contribution < 1.29 is 23.5 Å². The topological polar surface area (TPSA) is 75.6 Å². The third-order valence-electron chi connectivity index (χ3n) is 6.02. The normalized spacial score (nSPS) is 14.8. The minimum Gasteiger partial charge on any atom is -0.389 e. The number of hydrogen-bond acceptors (Lipinski definition) is 4. The van der Waals surface area contributed by atoms with Crippen LogP contribution < -0.4 is 5.09 Å². The van der Waals surface area contributed by atoms with Crippen molar-refractivity contribution in [1.29, 1.82) is 0 Å². The van der Waals surface area contributed by atoms with Crippen LogP contribution in [0.5, 0.6) is 0 Å². The molecule has 0 aliphatic rings. The average Bonchev–Trinajstić information content (AvgIpc) is 2.71. The van der Waals surface area contributed by atoms with Crippen molar-refractivity contribution in [2.45, 2.75) is 122 Å². The molecular weight excluding hydrogens is 423 g/mol. The molecule has 0 aliphatic carbocycles. The Morgan fingerprint density at radius 1 is 0.812 bits per heavy atom. The van der Waals surface area contributed by atoms with E-state index in [1.54, 1.807) is 0 Å². The lowest BCUT2D eigenvalue weighted by Crippen LogP contribution is -2.50. The predicted octanol–water partition coefficient (Wildman–Crippen LogP) is 6.62. The van der Waals surface area contributed by atoms with E-state index in [9.17, 15) is 14.5 Å². The first-order chi connectivity index (χ1) is 15.2. The van der Waals surface area contributed by atoms with E-state index in [4.69, 9.17) is 4.52 Å². The Morgan fingerprint density at radius 3 is 1.66 bits per heavy atom. The molecule has 0 saturated heterocycles. The second kappa shape index (κ2) is 18.9. The quantitative estimate of drug-likeness (QED) is 0.104. The molecule has 0 rings (SSSR count). The number of unbranched alkanes of at least 4 members (excludes halogenated alkanes) is 13. The van der Waals surface area contributed by atoms with Gasteiger partial charge in [-0.2, -0.15) is 0 Å². The summed E-state index contributed by atoms with van der Waals surface area (Å²) in [5.41, 5.74) is 0. The monoisotopic (exact) mass is 477 g/mol. The van der Waals surface area contributed by atoms with Gasteiger partial charge in [0.25, 0.3) is 0 Å². The zero-order chi connectivity index (χ0) is 24.3. The SMILES string of the molecule is CCCCCCCCCCCCCCCC(=O)NP(=O)(OCCCC)C(CO)[N+](C)(C)C. The first kappa shape index (κ1) is 31.6. The summed E-state index contributed by atoms with van der Waals surface area (Å²) in [6, 6.07) is 0. The molecule has 0 aromatic carbocycles. The maximum atomic E-state index is 13.5. The highest BCUT2D eigenvalue weighted by Crippen LogP contribution is 2.50. The van der Waals surface area contributed by atoms with E-state index in [1.165, 1.54) is 64.2 Å². The molecule has 0 fully saturated rings. The van der Waals surface area contributed by atoms with Crippen molar-refractivity contribution in [1.82, 2.24) is 5.09 Å². The highest BCUT2D eigenvalue weighted by Gasteiger charge is 2.44. The lowest BCUT2D eigenvalue weighted by atomic mass is 10.0. The summed E-state index contributed by atoms with van der Waals surface area (Å²) in [5.74, 6) is -0.908. The molecule has 192 valence electrons. The van der Waals surface area contributed by atoms with Gasteiger partial charge in [-0.05, 0) is 12.8 Å². The Kier molecular flexibility index (Phi) is 18.7. The van der Waals surface area contributed by atoms with Gasteiger partial charge in [0.2, 0.25) is 11.7 Å². The molecule has 0 radical (unpaired) electrons. The summed E-state index contributed by atoms with van der Waals surface area (Å²) in [6.07, 6.45) is 18.4. The molecular formula is C25H54N2O4P+. The molecule has 2 atom stereocenters. The van der Waals surface area contributed by atoms with E-state index in [-0.39, 0.29) is 17.0 Å². The van der Waals surface area contributed by atoms with Gasteiger partial charge in [0, 0.05) is 6.42 Å². The number of rotatable bonds is 22. The summed E-state index contributed by atoms with van der Waals surface area (Å²) in [5, 5.41) is 12.5. The molecule has 7 heteroatoms. The van der Waals surface area contributed by atoms with Crippen LogP contribution >= 0.6 is 7.52 Å². The average molecular weight is 478 g/mol. The standard InChI is InChI=1S/C25H53N2O4P/c1-6-8-10-11-12-13-14-15-16-17-18-19-20-21-24(29)26-32(30,31-22-9-7-2)25(23-28)27(3,4)5/h25,28H,6-23H2,1-5H3/p+1. The second-order valence-electron chi connectivity index (χ2n) is 10.1. The van der Waals surface area contributed by atoms with Gasteiger partial charge >= 0.3 is 7.52 Å². The van der Waals surface area contributed by atoms with Gasteiger partial charge in [0.15, 0.2) is 0 Å². The molecule has 0 spiro atoms. The maximum absolute atomic E-state index is 13.5. The molecule has 0 heterocycles. The number of aliphatic hydroxyl groups excluding tert-OH is 1. The van der Waals surface area contributed by atoms with E-state index in [0.29, 0.717) is 13.0 Å². The van der Waals surface area contributed by atoms with Crippen LogP contribution in [0.2, 0.25) is 0 Å². The number of nitrogens with zero attached hydrogens (tertiary/aromatic N) is 1. The van der Waals surface area contributed by atoms with Gasteiger partial charge < -0.3 is 14.1 Å². The van der Waals surface area contributed by atoms with E-state index in [2.05, 4.69) is 12.0 Å². The number of carbonyl (C=O) groups excluding carboxylic acids is 1. The van der Waals surface area contributed by atoms with Crippen molar-refractivity contribution in [2.75, 3.05) is 34.4 Å². The van der Waals surface area contributed by atoms with Crippen LogP contribution in [0.1, 0.15) is 117 Å². The molecule has 0 bridgehead atoms. The van der Waals surface area contributed by atoms with Crippen LogP contribution in [0.25, 0.3) is 0 Å². The predicted molar refractivity (Wildman–Crippen MR) is 136 cm³/mol. The number of likely N-dealkylation sites (N-methyl/N-ethyl adjacent to an activating group) is 1. The molecule has 0 aliphatic heterocycles.